The van der Waals surface area contributed by atoms with Gasteiger partial charge in [-0.05, 0) is 29.7 Å². The Morgan fingerprint density at radius 3 is 2.47 bits per heavy atom. The highest BCUT2D eigenvalue weighted by Crippen LogP contribution is 2.33. The first-order valence-corrected chi connectivity index (χ1v) is 11.4. The van der Waals surface area contributed by atoms with E-state index in [1.54, 1.807) is 18.2 Å². The minimum Gasteiger partial charge on any atom is -0.489 e. The van der Waals surface area contributed by atoms with Crippen LogP contribution in [0.25, 0.3) is 0 Å². The lowest BCUT2D eigenvalue weighted by Gasteiger charge is -2.26. The monoisotopic (exact) mass is 467 g/mol. The summed E-state index contributed by atoms with van der Waals surface area (Å²) in [5.41, 5.74) is 8.83. The van der Waals surface area contributed by atoms with Crippen molar-refractivity contribution in [3.8, 4) is 5.75 Å². The summed E-state index contributed by atoms with van der Waals surface area (Å²) in [4.78, 5) is 39.5. The van der Waals surface area contributed by atoms with Gasteiger partial charge in [0.25, 0.3) is 5.91 Å². The maximum Gasteiger partial charge on any atom is 0.303 e. The van der Waals surface area contributed by atoms with Crippen LogP contribution in [0.5, 0.6) is 5.75 Å². The second-order valence-electron chi connectivity index (χ2n) is 8.56. The fourth-order valence-electron chi connectivity index (χ4n) is 4.34. The Kier molecular flexibility index (Phi) is 7.44. The Morgan fingerprint density at radius 1 is 1.09 bits per heavy atom. The maximum atomic E-state index is 12.9. The molecule has 1 atom stereocenters. The van der Waals surface area contributed by atoms with E-state index in [9.17, 15) is 14.4 Å². The first-order valence-electron chi connectivity index (χ1n) is 11.4. The fourth-order valence-corrected chi connectivity index (χ4v) is 4.34. The molecule has 3 N–H and O–H groups in total. The summed E-state index contributed by atoms with van der Waals surface area (Å²) in [6.07, 6.45) is -0.282. The summed E-state index contributed by atoms with van der Waals surface area (Å²) in [7, 11) is 0. The summed E-state index contributed by atoms with van der Waals surface area (Å²) in [5, 5.41) is 8.97. The maximum absolute atomic E-state index is 12.9. The SMILES string of the molecule is NC(=O)C(CCC(=O)O)N1Cc2c(OCc3ccc(CN4CCOCC4)cc3)cccc2C1=O. The number of ether oxygens (including phenoxy) is 2. The number of nitrogens with zero attached hydrogens (tertiary/aromatic N) is 2. The molecule has 0 bridgehead atoms. The van der Waals surface area contributed by atoms with Gasteiger partial charge in [-0.1, -0.05) is 30.3 Å². The van der Waals surface area contributed by atoms with Crippen LogP contribution in [-0.4, -0.2) is 65.0 Å². The summed E-state index contributed by atoms with van der Waals surface area (Å²) in [6, 6.07) is 12.5. The molecule has 0 aliphatic carbocycles. The zero-order valence-electron chi connectivity index (χ0n) is 18.9. The van der Waals surface area contributed by atoms with Crippen molar-refractivity contribution >= 4 is 17.8 Å². The Bertz CT molecular complexity index is 1050. The van der Waals surface area contributed by atoms with Gasteiger partial charge in [-0.25, -0.2) is 0 Å². The van der Waals surface area contributed by atoms with Crippen LogP contribution < -0.4 is 10.5 Å². The van der Waals surface area contributed by atoms with E-state index < -0.39 is 17.9 Å². The molecular formula is C25H29N3O6. The number of primary amides is 1. The summed E-state index contributed by atoms with van der Waals surface area (Å²) < 4.78 is 11.4. The lowest BCUT2D eigenvalue weighted by molar-refractivity contribution is -0.137. The van der Waals surface area contributed by atoms with Crippen molar-refractivity contribution in [1.29, 1.82) is 0 Å². The molecule has 180 valence electrons. The highest BCUT2D eigenvalue weighted by Gasteiger charge is 2.37. The molecule has 34 heavy (non-hydrogen) atoms. The number of carbonyl (C=O) groups excluding carboxylic acids is 2. The smallest absolute Gasteiger partial charge is 0.303 e. The van der Waals surface area contributed by atoms with Gasteiger partial charge in [0.1, 0.15) is 18.4 Å². The molecule has 0 spiro atoms. The number of carbonyl (C=O) groups is 3. The number of carboxylic acid groups (broad SMARTS) is 1. The highest BCUT2D eigenvalue weighted by molar-refractivity contribution is 6.01. The normalized spacial score (nSPS) is 16.8. The zero-order chi connectivity index (χ0) is 24.1. The van der Waals surface area contributed by atoms with Crippen LogP contribution in [0, 0.1) is 0 Å². The van der Waals surface area contributed by atoms with Gasteiger partial charge < -0.3 is 25.2 Å². The number of carboxylic acids is 1. The molecule has 9 heteroatoms. The Morgan fingerprint density at radius 2 is 1.79 bits per heavy atom. The largest absolute Gasteiger partial charge is 0.489 e. The topological polar surface area (TPSA) is 122 Å². The molecule has 1 unspecified atom stereocenters. The van der Waals surface area contributed by atoms with E-state index >= 15 is 0 Å². The van der Waals surface area contributed by atoms with E-state index in [1.807, 2.05) is 12.1 Å². The molecule has 4 rings (SSSR count). The first kappa shape index (κ1) is 23.7. The average molecular weight is 468 g/mol. The third kappa shape index (κ3) is 5.55. The Labute approximate surface area is 198 Å². The minimum atomic E-state index is -1.05. The Hall–Kier alpha value is -3.43. The zero-order valence-corrected chi connectivity index (χ0v) is 18.9. The van der Waals surface area contributed by atoms with Crippen LogP contribution in [0.3, 0.4) is 0 Å². The summed E-state index contributed by atoms with van der Waals surface area (Å²) in [6.45, 7) is 4.79. The van der Waals surface area contributed by atoms with E-state index in [1.165, 1.54) is 10.5 Å². The van der Waals surface area contributed by atoms with Gasteiger partial charge in [0.05, 0.1) is 19.8 Å². The van der Waals surface area contributed by atoms with Gasteiger partial charge in [0.2, 0.25) is 5.91 Å². The van der Waals surface area contributed by atoms with Crippen molar-refractivity contribution in [3.05, 3.63) is 64.7 Å². The van der Waals surface area contributed by atoms with Crippen molar-refractivity contribution in [2.24, 2.45) is 5.73 Å². The molecule has 0 aromatic heterocycles. The number of fused-ring (bicyclic) bond motifs is 1. The van der Waals surface area contributed by atoms with Gasteiger partial charge in [0, 0.05) is 37.2 Å². The number of rotatable bonds is 10. The number of hydrogen-bond donors (Lipinski definition) is 2. The van der Waals surface area contributed by atoms with Crippen LogP contribution in [0.2, 0.25) is 0 Å². The lowest BCUT2D eigenvalue weighted by Crippen LogP contribution is -2.45. The standard InChI is InChI=1S/C25H29N3O6/c26-24(31)21(8-9-23(29)30)28-15-20-19(25(28)32)2-1-3-22(20)34-16-18-6-4-17(5-7-18)14-27-10-12-33-13-11-27/h1-7,21H,8-16H2,(H2,26,31)(H,29,30). The van der Waals surface area contributed by atoms with Crippen molar-refractivity contribution < 1.29 is 29.0 Å². The molecule has 9 nitrogen and oxygen atoms in total. The second kappa shape index (κ2) is 10.7. The van der Waals surface area contributed by atoms with Crippen LogP contribution in [-0.2, 0) is 34.0 Å². The lowest BCUT2D eigenvalue weighted by atomic mass is 10.1. The quantitative estimate of drug-likeness (QED) is 0.546. The second-order valence-corrected chi connectivity index (χ2v) is 8.56. The number of nitrogens with two attached hydrogens (primary N) is 1. The van der Waals surface area contributed by atoms with Gasteiger partial charge in [-0.15, -0.1) is 0 Å². The van der Waals surface area contributed by atoms with Crippen LogP contribution >= 0.6 is 0 Å². The van der Waals surface area contributed by atoms with Gasteiger partial charge in [0.15, 0.2) is 0 Å². The van der Waals surface area contributed by atoms with Gasteiger partial charge in [-0.2, -0.15) is 0 Å². The molecule has 2 aromatic carbocycles. The molecule has 2 aromatic rings. The van der Waals surface area contributed by atoms with Crippen molar-refractivity contribution in [2.75, 3.05) is 26.3 Å². The first-order chi connectivity index (χ1) is 16.4. The third-order valence-corrected chi connectivity index (χ3v) is 6.22. The van der Waals surface area contributed by atoms with E-state index in [0.29, 0.717) is 23.5 Å². The predicted molar refractivity (Wildman–Crippen MR) is 123 cm³/mol. The van der Waals surface area contributed by atoms with Crippen molar-refractivity contribution in [3.63, 3.8) is 0 Å². The molecule has 2 aliphatic rings. The van der Waals surface area contributed by atoms with Crippen LogP contribution in [0.15, 0.2) is 42.5 Å². The molecular weight excluding hydrogens is 438 g/mol. The van der Waals surface area contributed by atoms with Crippen molar-refractivity contribution in [2.45, 2.75) is 38.6 Å². The minimum absolute atomic E-state index is 0.0304. The molecule has 2 amide bonds. The third-order valence-electron chi connectivity index (χ3n) is 6.22. The highest BCUT2D eigenvalue weighted by atomic mass is 16.5. The predicted octanol–water partition coefficient (Wildman–Crippen LogP) is 1.77. The number of benzene rings is 2. The molecule has 2 aliphatic heterocycles. The van der Waals surface area contributed by atoms with Gasteiger partial charge >= 0.3 is 5.97 Å². The van der Waals surface area contributed by atoms with Crippen LogP contribution in [0.1, 0.15) is 39.9 Å². The number of hydrogen-bond acceptors (Lipinski definition) is 6. The molecule has 0 saturated carbocycles. The number of amides is 2. The van der Waals surface area contributed by atoms with E-state index in [2.05, 4.69) is 17.0 Å². The van der Waals surface area contributed by atoms with E-state index in [-0.39, 0.29) is 25.3 Å². The van der Waals surface area contributed by atoms with Gasteiger partial charge in [-0.3, -0.25) is 19.3 Å². The fraction of sp³-hybridized carbons (Fsp3) is 0.400. The van der Waals surface area contributed by atoms with Crippen molar-refractivity contribution in [1.82, 2.24) is 9.80 Å². The molecule has 2 heterocycles. The molecule has 1 saturated heterocycles. The van der Waals surface area contributed by atoms with Crippen LogP contribution in [0.4, 0.5) is 0 Å². The molecule has 0 radical (unpaired) electrons. The number of morpholine rings is 1. The van der Waals surface area contributed by atoms with E-state index in [4.69, 9.17) is 20.3 Å². The van der Waals surface area contributed by atoms with E-state index in [0.717, 1.165) is 38.4 Å². The summed E-state index contributed by atoms with van der Waals surface area (Å²) in [5.74, 6) is -1.55. The average Bonchev–Trinajstić information content (AvgIpc) is 3.16. The summed E-state index contributed by atoms with van der Waals surface area (Å²) >= 11 is 0. The molecule has 1 fully saturated rings. The Balaban J connectivity index is 1.40. The number of aliphatic carboxylic acids is 1.